The van der Waals surface area contributed by atoms with Gasteiger partial charge in [0.25, 0.3) is 0 Å². The lowest BCUT2D eigenvalue weighted by Crippen LogP contribution is -2.10. The Kier molecular flexibility index (Phi) is 9.25. The first kappa shape index (κ1) is 39.9. The van der Waals surface area contributed by atoms with E-state index in [9.17, 15) is 0 Å². The molecule has 0 spiro atoms. The summed E-state index contributed by atoms with van der Waals surface area (Å²) in [5.41, 5.74) is 14.4. The van der Waals surface area contributed by atoms with Crippen LogP contribution in [0.2, 0.25) is 0 Å². The summed E-state index contributed by atoms with van der Waals surface area (Å²) in [5.74, 6) is 0. The lowest BCUT2D eigenvalue weighted by molar-refractivity contribution is 0.669. The van der Waals surface area contributed by atoms with E-state index in [0.29, 0.717) is 0 Å². The molecule has 0 unspecified atom stereocenters. The molecule has 13 aromatic carbocycles. The van der Waals surface area contributed by atoms with Gasteiger partial charge in [-0.15, -0.1) is 0 Å². The molecule has 0 radical (unpaired) electrons. The summed E-state index contributed by atoms with van der Waals surface area (Å²) in [6.07, 6.45) is 0. The minimum Gasteiger partial charge on any atom is -0.454 e. The molecule has 0 bridgehead atoms. The predicted octanol–water partition coefficient (Wildman–Crippen LogP) is 19.5. The summed E-state index contributed by atoms with van der Waals surface area (Å²) < 4.78 is 6.88. The van der Waals surface area contributed by atoms with Crippen molar-refractivity contribution in [1.29, 1.82) is 0 Å². The second-order valence-electron chi connectivity index (χ2n) is 18.5. The highest BCUT2D eigenvalue weighted by Gasteiger charge is 2.22. The monoisotopic (exact) mass is 889 g/mol. The number of benzene rings is 13. The smallest absolute Gasteiger partial charge is 0.160 e. The Morgan fingerprint density at radius 2 is 0.657 bits per heavy atom. The summed E-state index contributed by atoms with van der Waals surface area (Å²) in [6.45, 7) is 0. The fourth-order valence-corrected chi connectivity index (χ4v) is 10.9. The van der Waals surface area contributed by atoms with Gasteiger partial charge in [0.15, 0.2) is 5.58 Å². The van der Waals surface area contributed by atoms with Crippen molar-refractivity contribution in [3.63, 3.8) is 0 Å². The number of para-hydroxylation sites is 1. The van der Waals surface area contributed by atoms with Crippen molar-refractivity contribution in [3.05, 3.63) is 261 Å². The van der Waals surface area contributed by atoms with Gasteiger partial charge in [-0.05, 0) is 159 Å². The molecule has 0 amide bonds. The third-order valence-corrected chi connectivity index (χ3v) is 14.4. The quantitative estimate of drug-likeness (QED) is 0.159. The maximum Gasteiger partial charge on any atom is 0.160 e. The van der Waals surface area contributed by atoms with Gasteiger partial charge in [0, 0.05) is 22.1 Å². The molecule has 0 aliphatic carbocycles. The lowest BCUT2D eigenvalue weighted by Gasteiger charge is -2.26. The zero-order valence-corrected chi connectivity index (χ0v) is 38.2. The highest BCUT2D eigenvalue weighted by atomic mass is 16.3. The van der Waals surface area contributed by atoms with Crippen LogP contribution >= 0.6 is 0 Å². The number of hydrogen-bond acceptors (Lipinski definition) is 2. The molecule has 2 nitrogen and oxygen atoms in total. The highest BCUT2D eigenvalue weighted by Crippen LogP contribution is 2.47. The molecular weight excluding hydrogens is 847 g/mol. The van der Waals surface area contributed by atoms with Gasteiger partial charge in [0.1, 0.15) is 5.58 Å². The molecule has 0 aliphatic heterocycles. The molecule has 0 N–H and O–H groups in total. The minimum atomic E-state index is 0.862. The molecule has 2 heteroatoms. The van der Waals surface area contributed by atoms with Gasteiger partial charge < -0.3 is 9.32 Å². The van der Waals surface area contributed by atoms with E-state index in [-0.39, 0.29) is 0 Å². The second kappa shape index (κ2) is 16.2. The predicted molar refractivity (Wildman–Crippen MR) is 298 cm³/mol. The molecule has 1 heterocycles. The van der Waals surface area contributed by atoms with Crippen LogP contribution in [0.4, 0.5) is 17.1 Å². The van der Waals surface area contributed by atoms with E-state index in [0.717, 1.165) is 55.5 Å². The van der Waals surface area contributed by atoms with Crippen molar-refractivity contribution < 1.29 is 4.42 Å². The van der Waals surface area contributed by atoms with Gasteiger partial charge in [0.2, 0.25) is 0 Å². The Balaban J connectivity index is 0.865. The molecule has 326 valence electrons. The second-order valence-corrected chi connectivity index (χ2v) is 18.5. The Hall–Kier alpha value is -9.24. The fourth-order valence-electron chi connectivity index (χ4n) is 10.9. The van der Waals surface area contributed by atoms with Gasteiger partial charge >= 0.3 is 0 Å². The molecule has 1 aromatic heterocycles. The van der Waals surface area contributed by atoms with Gasteiger partial charge in [-0.3, -0.25) is 0 Å². The van der Waals surface area contributed by atoms with Crippen LogP contribution in [0.3, 0.4) is 0 Å². The molecule has 0 saturated carbocycles. The molecule has 14 aromatic rings. The van der Waals surface area contributed by atoms with Crippen molar-refractivity contribution in [3.8, 4) is 44.5 Å². The van der Waals surface area contributed by atoms with Crippen LogP contribution in [0, 0.1) is 0 Å². The Labute approximate surface area is 405 Å². The molecule has 0 fully saturated rings. The van der Waals surface area contributed by atoms with Crippen molar-refractivity contribution in [1.82, 2.24) is 0 Å². The number of furan rings is 1. The average molecular weight is 890 g/mol. The third kappa shape index (κ3) is 6.72. The van der Waals surface area contributed by atoms with Crippen LogP contribution in [-0.4, -0.2) is 0 Å². The van der Waals surface area contributed by atoms with Crippen molar-refractivity contribution >= 4 is 92.9 Å². The maximum absolute atomic E-state index is 6.88. The van der Waals surface area contributed by atoms with Crippen molar-refractivity contribution in [2.24, 2.45) is 0 Å². The molecule has 0 aliphatic rings. The maximum atomic E-state index is 6.88. The number of anilines is 3. The van der Waals surface area contributed by atoms with E-state index >= 15 is 0 Å². The van der Waals surface area contributed by atoms with Gasteiger partial charge in [0.05, 0.1) is 5.69 Å². The average Bonchev–Trinajstić information content (AvgIpc) is 3.83. The van der Waals surface area contributed by atoms with E-state index in [1.54, 1.807) is 0 Å². The summed E-state index contributed by atoms with van der Waals surface area (Å²) in [7, 11) is 0. The largest absolute Gasteiger partial charge is 0.454 e. The van der Waals surface area contributed by atoms with Crippen LogP contribution in [0.15, 0.2) is 265 Å². The number of rotatable bonds is 7. The van der Waals surface area contributed by atoms with E-state index in [1.165, 1.54) is 81.9 Å². The molecule has 70 heavy (non-hydrogen) atoms. The summed E-state index contributed by atoms with van der Waals surface area (Å²) in [6, 6.07) is 95.0. The highest BCUT2D eigenvalue weighted by molar-refractivity contribution is 6.23. The summed E-state index contributed by atoms with van der Waals surface area (Å²) >= 11 is 0. The number of fused-ring (bicyclic) bond motifs is 9. The SMILES string of the molecule is c1ccc2cc(-c3ccc4cc(-c5ccc(N(c6ccc(-c7ccc(-c8ccc9ccccc9c8)c8ccccc78)cc6)c6cc7ccccc7c7c6oc6ccccc67)cc5)ccc4c3)ccc2c1. The lowest BCUT2D eigenvalue weighted by atomic mass is 9.91. The minimum absolute atomic E-state index is 0.862. The van der Waals surface area contributed by atoms with E-state index in [2.05, 4.69) is 266 Å². The Morgan fingerprint density at radius 1 is 0.257 bits per heavy atom. The normalized spacial score (nSPS) is 11.7. The van der Waals surface area contributed by atoms with Crippen LogP contribution in [0.5, 0.6) is 0 Å². The Morgan fingerprint density at radius 3 is 1.26 bits per heavy atom. The first-order chi connectivity index (χ1) is 34.7. The van der Waals surface area contributed by atoms with Crippen molar-refractivity contribution in [2.75, 3.05) is 4.90 Å². The summed E-state index contributed by atoms with van der Waals surface area (Å²) in [5, 5.41) is 14.5. The molecule has 14 rings (SSSR count). The van der Waals surface area contributed by atoms with Gasteiger partial charge in [-0.2, -0.15) is 0 Å². The molecule has 0 saturated heterocycles. The van der Waals surface area contributed by atoms with Gasteiger partial charge in [-0.25, -0.2) is 0 Å². The topological polar surface area (TPSA) is 16.4 Å². The zero-order chi connectivity index (χ0) is 46.1. The van der Waals surface area contributed by atoms with Crippen LogP contribution in [0.25, 0.3) is 120 Å². The Bertz CT molecular complexity index is 4350. The van der Waals surface area contributed by atoms with E-state index in [4.69, 9.17) is 4.42 Å². The summed E-state index contributed by atoms with van der Waals surface area (Å²) in [4.78, 5) is 2.36. The van der Waals surface area contributed by atoms with Crippen LogP contribution in [-0.2, 0) is 0 Å². The van der Waals surface area contributed by atoms with Gasteiger partial charge in [-0.1, -0.05) is 200 Å². The van der Waals surface area contributed by atoms with Crippen molar-refractivity contribution in [2.45, 2.75) is 0 Å². The van der Waals surface area contributed by atoms with E-state index in [1.807, 2.05) is 0 Å². The number of hydrogen-bond donors (Lipinski definition) is 0. The number of nitrogens with zero attached hydrogens (tertiary/aromatic N) is 1. The zero-order valence-electron chi connectivity index (χ0n) is 38.2. The third-order valence-electron chi connectivity index (χ3n) is 14.4. The molecule has 0 atom stereocenters. The van der Waals surface area contributed by atoms with Crippen LogP contribution in [0.1, 0.15) is 0 Å². The first-order valence-corrected chi connectivity index (χ1v) is 24.0. The standard InChI is InChI=1S/C68H43NO/c1-3-13-48-39-51(23-21-44(48)11-1)54-27-26-52-40-50(24-25-53(52)41-54)46-29-33-57(34-30-46)69(65-43-55-15-5-6-16-61(55)67-64-19-9-10-20-66(64)70-68(65)67)58-35-31-47(32-36-58)59-37-38-60(63-18-8-7-17-62(59)63)56-28-22-45-12-2-4-14-49(45)42-56/h1-43H. The van der Waals surface area contributed by atoms with E-state index < -0.39 is 0 Å². The fraction of sp³-hybridized carbons (Fsp3) is 0. The van der Waals surface area contributed by atoms with Crippen LogP contribution < -0.4 is 4.90 Å². The first-order valence-electron chi connectivity index (χ1n) is 24.0. The molecular formula is C68H43NO.